The van der Waals surface area contributed by atoms with Crippen LogP contribution in [0.15, 0.2) is 0 Å². The molecule has 0 bridgehead atoms. The minimum atomic E-state index is 0.850. The molecule has 57 valence electrons. The van der Waals surface area contributed by atoms with E-state index in [0.717, 1.165) is 19.0 Å². The van der Waals surface area contributed by atoms with Gasteiger partial charge in [0.2, 0.25) is 0 Å². The van der Waals surface area contributed by atoms with Gasteiger partial charge in [-0.15, -0.1) is 0 Å². The molecule has 10 heavy (non-hydrogen) atoms. The molecule has 2 fully saturated rings. The molecule has 0 amide bonds. The average Bonchev–Trinajstić information content (AvgIpc) is 2.59. The van der Waals surface area contributed by atoms with Gasteiger partial charge in [0.25, 0.3) is 0 Å². The molecular weight excluding hydrogens is 124 g/mol. The van der Waals surface area contributed by atoms with Crippen LogP contribution in [0.1, 0.15) is 25.7 Å². The first-order valence-corrected chi connectivity index (χ1v) is 4.31. The molecule has 2 N–H and O–H groups in total. The van der Waals surface area contributed by atoms with Crippen LogP contribution in [-0.2, 0) is 0 Å². The Labute approximate surface area is 62.4 Å². The van der Waals surface area contributed by atoms with E-state index in [1.54, 1.807) is 0 Å². The van der Waals surface area contributed by atoms with Crippen molar-refractivity contribution in [2.75, 3.05) is 13.1 Å². The molecule has 0 aromatic heterocycles. The van der Waals surface area contributed by atoms with Crippen molar-refractivity contribution in [3.05, 3.63) is 6.17 Å². The lowest BCUT2D eigenvalue weighted by molar-refractivity contribution is 0.486. The number of nitrogens with one attached hydrogen (secondary N) is 2. The van der Waals surface area contributed by atoms with Crippen molar-refractivity contribution in [2.45, 2.75) is 25.7 Å². The van der Waals surface area contributed by atoms with E-state index in [9.17, 15) is 0 Å². The van der Waals surface area contributed by atoms with E-state index in [1.807, 2.05) is 0 Å². The third kappa shape index (κ3) is 1.18. The van der Waals surface area contributed by atoms with Gasteiger partial charge in [-0.3, -0.25) is 10.6 Å². The first-order valence-electron chi connectivity index (χ1n) is 4.31. The fraction of sp³-hybridized carbons (Fsp3) is 0.875. The summed E-state index contributed by atoms with van der Waals surface area (Å²) in [6.45, 7) is 2.26. The van der Waals surface area contributed by atoms with Gasteiger partial charge in [-0.1, -0.05) is 12.8 Å². The molecule has 2 heteroatoms. The fourth-order valence-electron chi connectivity index (χ4n) is 1.96. The van der Waals surface area contributed by atoms with Gasteiger partial charge in [-0.2, -0.15) is 0 Å². The first-order chi connectivity index (χ1) is 4.97. The summed E-state index contributed by atoms with van der Waals surface area (Å²) in [4.78, 5) is 0. The van der Waals surface area contributed by atoms with Crippen LogP contribution >= 0.6 is 0 Å². The van der Waals surface area contributed by atoms with Crippen LogP contribution in [0.5, 0.6) is 0 Å². The molecule has 1 aliphatic heterocycles. The highest BCUT2D eigenvalue weighted by molar-refractivity contribution is 4.97. The summed E-state index contributed by atoms with van der Waals surface area (Å²) in [6, 6.07) is 0. The third-order valence-corrected chi connectivity index (χ3v) is 2.52. The molecule has 0 spiro atoms. The van der Waals surface area contributed by atoms with Crippen LogP contribution in [0.2, 0.25) is 0 Å². The zero-order valence-corrected chi connectivity index (χ0v) is 6.32. The van der Waals surface area contributed by atoms with Gasteiger partial charge in [-0.25, -0.2) is 0 Å². The Bertz CT molecular complexity index is 87.8. The molecule has 1 saturated heterocycles. The molecule has 1 heterocycles. The Balaban J connectivity index is 1.85. The van der Waals surface area contributed by atoms with E-state index in [2.05, 4.69) is 10.6 Å². The smallest absolute Gasteiger partial charge is 0.104 e. The van der Waals surface area contributed by atoms with Gasteiger partial charge in [0.05, 0.1) is 0 Å². The Morgan fingerprint density at radius 1 is 1.00 bits per heavy atom. The lowest BCUT2D eigenvalue weighted by Gasteiger charge is -2.16. The zero-order chi connectivity index (χ0) is 6.81. The summed E-state index contributed by atoms with van der Waals surface area (Å²) in [7, 11) is 0. The molecule has 1 saturated carbocycles. The van der Waals surface area contributed by atoms with Crippen molar-refractivity contribution >= 4 is 0 Å². The van der Waals surface area contributed by atoms with Gasteiger partial charge >= 0.3 is 0 Å². The third-order valence-electron chi connectivity index (χ3n) is 2.52. The number of hydrogen-bond acceptors (Lipinski definition) is 2. The monoisotopic (exact) mass is 139 g/mol. The Kier molecular flexibility index (Phi) is 1.91. The van der Waals surface area contributed by atoms with Gasteiger partial charge in [0.1, 0.15) is 6.17 Å². The first kappa shape index (κ1) is 6.62. The van der Waals surface area contributed by atoms with Crippen LogP contribution in [0.4, 0.5) is 0 Å². The fourth-order valence-corrected chi connectivity index (χ4v) is 1.96. The van der Waals surface area contributed by atoms with E-state index in [4.69, 9.17) is 0 Å². The Morgan fingerprint density at radius 2 is 1.60 bits per heavy atom. The highest BCUT2D eigenvalue weighted by Gasteiger charge is 2.27. The quantitative estimate of drug-likeness (QED) is 0.563. The van der Waals surface area contributed by atoms with E-state index in [-0.39, 0.29) is 0 Å². The van der Waals surface area contributed by atoms with Gasteiger partial charge in [-0.05, 0) is 18.8 Å². The zero-order valence-electron chi connectivity index (χ0n) is 6.32. The maximum absolute atomic E-state index is 3.40. The molecule has 0 unspecified atom stereocenters. The molecule has 0 aromatic rings. The molecule has 0 aromatic carbocycles. The number of hydrogen-bond donors (Lipinski definition) is 2. The largest absolute Gasteiger partial charge is 0.295 e. The lowest BCUT2D eigenvalue weighted by atomic mass is 10.1. The molecule has 1 aliphatic carbocycles. The summed E-state index contributed by atoms with van der Waals surface area (Å²) < 4.78 is 0. The highest BCUT2D eigenvalue weighted by atomic mass is 15.2. The summed E-state index contributed by atoms with van der Waals surface area (Å²) >= 11 is 0. The maximum atomic E-state index is 3.40. The topological polar surface area (TPSA) is 24.1 Å². The minimum Gasteiger partial charge on any atom is -0.295 e. The summed E-state index contributed by atoms with van der Waals surface area (Å²) in [5.41, 5.74) is 0. The van der Waals surface area contributed by atoms with Crippen molar-refractivity contribution in [1.29, 1.82) is 0 Å². The Morgan fingerprint density at radius 3 is 2.20 bits per heavy atom. The van der Waals surface area contributed by atoms with Crippen LogP contribution in [0.3, 0.4) is 0 Å². The molecule has 2 rings (SSSR count). The van der Waals surface area contributed by atoms with Crippen molar-refractivity contribution < 1.29 is 0 Å². The second-order valence-electron chi connectivity index (χ2n) is 3.25. The van der Waals surface area contributed by atoms with Crippen molar-refractivity contribution in [3.8, 4) is 0 Å². The predicted molar refractivity (Wildman–Crippen MR) is 41.2 cm³/mol. The normalized spacial score (nSPS) is 30.0. The van der Waals surface area contributed by atoms with Gasteiger partial charge in [0, 0.05) is 13.1 Å². The summed E-state index contributed by atoms with van der Waals surface area (Å²) in [5, 5.41) is 6.81. The summed E-state index contributed by atoms with van der Waals surface area (Å²) in [6.07, 6.45) is 7.08. The summed E-state index contributed by atoms with van der Waals surface area (Å²) in [5.74, 6) is 0.850. The van der Waals surface area contributed by atoms with Crippen LogP contribution in [-0.4, -0.2) is 13.1 Å². The second-order valence-corrected chi connectivity index (χ2v) is 3.25. The van der Waals surface area contributed by atoms with Crippen molar-refractivity contribution in [2.24, 2.45) is 5.92 Å². The molecule has 1 radical (unpaired) electrons. The molecular formula is C8H15N2. The van der Waals surface area contributed by atoms with E-state index >= 15 is 0 Å². The van der Waals surface area contributed by atoms with E-state index < -0.39 is 0 Å². The Hall–Kier alpha value is -0.0800. The van der Waals surface area contributed by atoms with Crippen molar-refractivity contribution in [1.82, 2.24) is 10.6 Å². The molecule has 0 atom stereocenters. The van der Waals surface area contributed by atoms with Crippen LogP contribution in [0, 0.1) is 12.1 Å². The van der Waals surface area contributed by atoms with Crippen LogP contribution < -0.4 is 10.6 Å². The molecule has 2 aliphatic rings. The van der Waals surface area contributed by atoms with Crippen molar-refractivity contribution in [3.63, 3.8) is 0 Å². The SMILES string of the molecule is C1CCC([C]2NCCN2)C1. The second kappa shape index (κ2) is 2.89. The maximum Gasteiger partial charge on any atom is 0.104 e. The van der Waals surface area contributed by atoms with Crippen LogP contribution in [0.25, 0.3) is 0 Å². The van der Waals surface area contributed by atoms with Gasteiger partial charge < -0.3 is 0 Å². The van der Waals surface area contributed by atoms with E-state index in [1.165, 1.54) is 31.8 Å². The highest BCUT2D eigenvalue weighted by Crippen LogP contribution is 2.30. The minimum absolute atomic E-state index is 0.850. The number of rotatable bonds is 1. The van der Waals surface area contributed by atoms with E-state index in [0.29, 0.717) is 0 Å². The molecule has 2 nitrogen and oxygen atoms in total. The predicted octanol–water partition coefficient (Wildman–Crippen LogP) is 0.859. The van der Waals surface area contributed by atoms with Gasteiger partial charge in [0.15, 0.2) is 0 Å². The average molecular weight is 139 g/mol. The standard InChI is InChI=1S/C8H15N2/c1-2-4-7(3-1)8-9-5-6-10-8/h7,9-10H,1-6H2. The lowest BCUT2D eigenvalue weighted by Crippen LogP contribution is -2.28.